The number of amides is 1. The van der Waals surface area contributed by atoms with E-state index in [9.17, 15) is 9.18 Å². The second kappa shape index (κ2) is 6.20. The first-order valence-corrected chi connectivity index (χ1v) is 8.10. The Morgan fingerprint density at radius 3 is 3.14 bits per heavy atom. The van der Waals surface area contributed by atoms with E-state index in [1.807, 2.05) is 6.20 Å². The molecule has 6 heteroatoms. The van der Waals surface area contributed by atoms with Crippen LogP contribution in [0.3, 0.4) is 0 Å². The molecule has 0 saturated heterocycles. The predicted octanol–water partition coefficient (Wildman–Crippen LogP) is 3.55. The molecule has 0 spiro atoms. The Morgan fingerprint density at radius 1 is 1.55 bits per heavy atom. The van der Waals surface area contributed by atoms with Crippen molar-refractivity contribution in [3.63, 3.8) is 0 Å². The lowest BCUT2D eigenvalue weighted by atomic mass is 9.89. The third-order valence-electron chi connectivity index (χ3n) is 3.88. The quantitative estimate of drug-likeness (QED) is 0.903. The van der Waals surface area contributed by atoms with E-state index < -0.39 is 5.82 Å². The molecule has 1 amide bonds. The first kappa shape index (κ1) is 15.2. The van der Waals surface area contributed by atoms with Gasteiger partial charge in [-0.25, -0.2) is 4.39 Å². The Hall–Kier alpha value is -1.69. The van der Waals surface area contributed by atoms with Crippen molar-refractivity contribution in [1.29, 1.82) is 0 Å². The topological polar surface area (TPSA) is 46.9 Å². The first-order chi connectivity index (χ1) is 10.5. The Labute approximate surface area is 136 Å². The number of halogens is 2. The van der Waals surface area contributed by atoms with E-state index >= 15 is 0 Å². The van der Waals surface area contributed by atoms with Crippen LogP contribution in [0.4, 0.5) is 10.1 Å². The zero-order valence-electron chi connectivity index (χ0n) is 12.3. The lowest BCUT2D eigenvalue weighted by Crippen LogP contribution is -2.19. The van der Waals surface area contributed by atoms with Gasteiger partial charge in [-0.05, 0) is 48.9 Å². The van der Waals surface area contributed by atoms with Gasteiger partial charge in [-0.3, -0.25) is 9.48 Å². The number of hydrogen-bond donors (Lipinski definition) is 1. The summed E-state index contributed by atoms with van der Waals surface area (Å²) in [6.45, 7) is 2.32. The SMILES string of the molecule is CC1CCc2nn(CC(=O)Nc3ccc(Br)cc3F)cc2C1. The normalized spacial score (nSPS) is 17.1. The lowest BCUT2D eigenvalue weighted by Gasteiger charge is -2.15. The van der Waals surface area contributed by atoms with Crippen molar-refractivity contribution in [3.8, 4) is 0 Å². The molecule has 1 aliphatic carbocycles. The molecular weight excluding hydrogens is 349 g/mol. The highest BCUT2D eigenvalue weighted by molar-refractivity contribution is 9.10. The number of nitrogens with one attached hydrogen (secondary N) is 1. The Balaban J connectivity index is 1.67. The third-order valence-corrected chi connectivity index (χ3v) is 4.37. The Morgan fingerprint density at radius 2 is 2.36 bits per heavy atom. The number of nitrogens with zero attached hydrogens (tertiary/aromatic N) is 2. The van der Waals surface area contributed by atoms with Gasteiger partial charge in [0, 0.05) is 10.7 Å². The lowest BCUT2D eigenvalue weighted by molar-refractivity contribution is -0.116. The van der Waals surface area contributed by atoms with E-state index in [-0.39, 0.29) is 18.1 Å². The molecule has 3 rings (SSSR count). The highest BCUT2D eigenvalue weighted by atomic mass is 79.9. The van der Waals surface area contributed by atoms with Crippen LogP contribution in [0.1, 0.15) is 24.6 Å². The smallest absolute Gasteiger partial charge is 0.246 e. The minimum Gasteiger partial charge on any atom is -0.322 e. The van der Waals surface area contributed by atoms with Gasteiger partial charge in [0.05, 0.1) is 11.4 Å². The molecule has 22 heavy (non-hydrogen) atoms. The highest BCUT2D eigenvalue weighted by Crippen LogP contribution is 2.24. The van der Waals surface area contributed by atoms with E-state index in [0.717, 1.165) is 25.0 Å². The second-order valence-corrected chi connectivity index (χ2v) is 6.73. The van der Waals surface area contributed by atoms with Crippen LogP contribution >= 0.6 is 15.9 Å². The minimum atomic E-state index is -0.462. The molecular formula is C16H17BrFN3O. The summed E-state index contributed by atoms with van der Waals surface area (Å²) in [4.78, 5) is 12.0. The van der Waals surface area contributed by atoms with Gasteiger partial charge in [0.2, 0.25) is 5.91 Å². The maximum Gasteiger partial charge on any atom is 0.246 e. The molecule has 0 bridgehead atoms. The number of aromatic nitrogens is 2. The van der Waals surface area contributed by atoms with Crippen LogP contribution in [0.25, 0.3) is 0 Å². The minimum absolute atomic E-state index is 0.0941. The fraction of sp³-hybridized carbons (Fsp3) is 0.375. The molecule has 1 aliphatic rings. The van der Waals surface area contributed by atoms with Crippen molar-refractivity contribution < 1.29 is 9.18 Å². The Kier molecular flexibility index (Phi) is 4.29. The summed E-state index contributed by atoms with van der Waals surface area (Å²) in [7, 11) is 0. The van der Waals surface area contributed by atoms with Crippen molar-refractivity contribution in [2.45, 2.75) is 32.7 Å². The Bertz CT molecular complexity index is 713. The molecule has 1 heterocycles. The van der Waals surface area contributed by atoms with Gasteiger partial charge < -0.3 is 5.32 Å². The van der Waals surface area contributed by atoms with Gasteiger partial charge in [0.15, 0.2) is 0 Å². The molecule has 1 aromatic carbocycles. The number of rotatable bonds is 3. The molecule has 4 nitrogen and oxygen atoms in total. The largest absolute Gasteiger partial charge is 0.322 e. The fourth-order valence-electron chi connectivity index (χ4n) is 2.75. The average molecular weight is 366 g/mol. The molecule has 2 aromatic rings. The van der Waals surface area contributed by atoms with E-state index in [1.54, 1.807) is 10.7 Å². The fourth-order valence-corrected chi connectivity index (χ4v) is 3.09. The standard InChI is InChI=1S/C16H17BrFN3O/c1-10-2-4-14-11(6-10)8-21(20-14)9-16(22)19-15-5-3-12(17)7-13(15)18/h3,5,7-8,10H,2,4,6,9H2,1H3,(H,19,22). The van der Waals surface area contributed by atoms with E-state index in [0.29, 0.717) is 10.4 Å². The van der Waals surface area contributed by atoms with Gasteiger partial charge in [0.1, 0.15) is 12.4 Å². The highest BCUT2D eigenvalue weighted by Gasteiger charge is 2.19. The molecule has 0 aliphatic heterocycles. The van der Waals surface area contributed by atoms with Crippen LogP contribution in [-0.2, 0) is 24.2 Å². The van der Waals surface area contributed by atoms with Crippen molar-refractivity contribution in [2.24, 2.45) is 5.92 Å². The molecule has 0 fully saturated rings. The first-order valence-electron chi connectivity index (χ1n) is 7.31. The maximum atomic E-state index is 13.7. The number of hydrogen-bond acceptors (Lipinski definition) is 2. The van der Waals surface area contributed by atoms with Crippen molar-refractivity contribution in [3.05, 3.63) is 45.9 Å². The van der Waals surface area contributed by atoms with Gasteiger partial charge in [-0.15, -0.1) is 0 Å². The van der Waals surface area contributed by atoms with Crippen LogP contribution in [-0.4, -0.2) is 15.7 Å². The summed E-state index contributed by atoms with van der Waals surface area (Å²) in [6.07, 6.45) is 5.05. The molecule has 1 aromatic heterocycles. The van der Waals surface area contributed by atoms with Crippen LogP contribution in [0.2, 0.25) is 0 Å². The predicted molar refractivity (Wildman–Crippen MR) is 86.1 cm³/mol. The number of aryl methyl sites for hydroxylation is 1. The molecule has 1 unspecified atom stereocenters. The van der Waals surface area contributed by atoms with E-state index in [1.165, 1.54) is 17.7 Å². The summed E-state index contributed by atoms with van der Waals surface area (Å²) in [5, 5.41) is 7.04. The van der Waals surface area contributed by atoms with Crippen LogP contribution < -0.4 is 5.32 Å². The molecule has 0 saturated carbocycles. The summed E-state index contributed by atoms with van der Waals surface area (Å²) in [6, 6.07) is 4.55. The van der Waals surface area contributed by atoms with Crippen molar-refractivity contribution in [1.82, 2.24) is 9.78 Å². The molecule has 0 radical (unpaired) electrons. The average Bonchev–Trinajstić information content (AvgIpc) is 2.83. The number of benzene rings is 1. The zero-order valence-corrected chi connectivity index (χ0v) is 13.9. The second-order valence-electron chi connectivity index (χ2n) is 5.82. The van der Waals surface area contributed by atoms with Crippen molar-refractivity contribution >= 4 is 27.5 Å². The third kappa shape index (κ3) is 3.38. The number of carbonyl (C=O) groups is 1. The van der Waals surface area contributed by atoms with Crippen LogP contribution in [0.5, 0.6) is 0 Å². The molecule has 116 valence electrons. The summed E-state index contributed by atoms with van der Waals surface area (Å²) >= 11 is 3.19. The van der Waals surface area contributed by atoms with Crippen LogP contribution in [0, 0.1) is 11.7 Å². The summed E-state index contributed by atoms with van der Waals surface area (Å²) in [5.74, 6) is -0.0822. The van der Waals surface area contributed by atoms with Crippen molar-refractivity contribution in [2.75, 3.05) is 5.32 Å². The van der Waals surface area contributed by atoms with Gasteiger partial charge in [-0.2, -0.15) is 5.10 Å². The van der Waals surface area contributed by atoms with Crippen LogP contribution in [0.15, 0.2) is 28.9 Å². The van der Waals surface area contributed by atoms with Gasteiger partial charge in [0.25, 0.3) is 0 Å². The molecule has 1 N–H and O–H groups in total. The molecule has 1 atom stereocenters. The van der Waals surface area contributed by atoms with Gasteiger partial charge >= 0.3 is 0 Å². The number of fused-ring (bicyclic) bond motifs is 1. The number of anilines is 1. The maximum absolute atomic E-state index is 13.7. The zero-order chi connectivity index (χ0) is 15.7. The monoisotopic (exact) mass is 365 g/mol. The summed E-state index contributed by atoms with van der Waals surface area (Å²) < 4.78 is 16.0. The summed E-state index contributed by atoms with van der Waals surface area (Å²) in [5.41, 5.74) is 2.49. The number of carbonyl (C=O) groups excluding carboxylic acids is 1. The van der Waals surface area contributed by atoms with Gasteiger partial charge in [-0.1, -0.05) is 22.9 Å². The van der Waals surface area contributed by atoms with E-state index in [4.69, 9.17) is 0 Å². The van der Waals surface area contributed by atoms with E-state index in [2.05, 4.69) is 33.3 Å².